The number of hydrogen-bond donors (Lipinski definition) is 1. The summed E-state index contributed by atoms with van der Waals surface area (Å²) in [4.78, 5) is 39.5. The number of rotatable bonds is 5. The Bertz CT molecular complexity index is 1030. The molecule has 0 spiro atoms. The molecule has 2 saturated heterocycles. The van der Waals surface area contributed by atoms with E-state index in [0.29, 0.717) is 43.6 Å². The highest BCUT2D eigenvalue weighted by Gasteiger charge is 2.34. The third-order valence-corrected chi connectivity index (χ3v) is 6.76. The average Bonchev–Trinajstić information content (AvgIpc) is 2.89. The minimum Gasteiger partial charge on any atom is -0.364 e. The van der Waals surface area contributed by atoms with Crippen molar-refractivity contribution in [1.82, 2.24) is 19.8 Å². The normalized spacial score (nSPS) is 19.2. The van der Waals surface area contributed by atoms with Gasteiger partial charge in [0.25, 0.3) is 11.8 Å². The second kappa shape index (κ2) is 12.0. The van der Waals surface area contributed by atoms with Gasteiger partial charge in [-0.15, -0.1) is 0 Å². The molecule has 2 N–H and O–H groups in total. The zero-order valence-corrected chi connectivity index (χ0v) is 20.6. The highest BCUT2D eigenvalue weighted by molar-refractivity contribution is 5.94. The van der Waals surface area contributed by atoms with Crippen LogP contribution in [0.1, 0.15) is 52.7 Å². The van der Waals surface area contributed by atoms with Crippen molar-refractivity contribution in [1.29, 1.82) is 0 Å². The second-order valence-corrected chi connectivity index (χ2v) is 8.81. The van der Waals surface area contributed by atoms with E-state index in [1.807, 2.05) is 11.8 Å². The number of benzene rings is 1. The summed E-state index contributed by atoms with van der Waals surface area (Å²) in [6.45, 7) is 7.96. The van der Waals surface area contributed by atoms with E-state index in [1.165, 1.54) is 18.3 Å². The van der Waals surface area contributed by atoms with Crippen LogP contribution in [0.25, 0.3) is 0 Å². The Morgan fingerprint density at radius 2 is 1.86 bits per heavy atom. The van der Waals surface area contributed by atoms with Crippen LogP contribution in [0.4, 0.5) is 14.6 Å². The number of alkyl halides is 1. The lowest BCUT2D eigenvalue weighted by atomic mass is 9.97. The van der Waals surface area contributed by atoms with Gasteiger partial charge >= 0.3 is 0 Å². The van der Waals surface area contributed by atoms with E-state index in [-0.39, 0.29) is 17.4 Å². The molecule has 2 aromatic rings. The molecule has 1 aromatic carbocycles. The molecule has 1 unspecified atom stereocenters. The van der Waals surface area contributed by atoms with Crippen LogP contribution < -0.4 is 10.6 Å². The van der Waals surface area contributed by atoms with E-state index in [9.17, 15) is 18.4 Å². The van der Waals surface area contributed by atoms with E-state index in [2.05, 4.69) is 26.7 Å². The molecule has 0 radical (unpaired) electrons. The molecule has 4 rings (SSSR count). The van der Waals surface area contributed by atoms with Crippen LogP contribution in [0.5, 0.6) is 0 Å². The lowest BCUT2D eigenvalue weighted by molar-refractivity contribution is 0.0490. The summed E-state index contributed by atoms with van der Waals surface area (Å²) in [6, 6.07) is 6.69. The summed E-state index contributed by atoms with van der Waals surface area (Å²) in [5.74, 6) is -0.258. The number of piperidine rings is 1. The lowest BCUT2D eigenvalue weighted by Crippen LogP contribution is -2.59. The van der Waals surface area contributed by atoms with E-state index < -0.39 is 5.91 Å². The molecule has 3 heterocycles. The largest absolute Gasteiger partial charge is 0.364 e. The van der Waals surface area contributed by atoms with Gasteiger partial charge < -0.3 is 15.5 Å². The number of halogens is 2. The summed E-state index contributed by atoms with van der Waals surface area (Å²) >= 11 is 0. The summed E-state index contributed by atoms with van der Waals surface area (Å²) in [6.07, 6.45) is 4.27. The number of nitrogens with zero attached hydrogens (tertiary/aromatic N) is 5. The molecule has 8 nitrogen and oxygen atoms in total. The third-order valence-electron chi connectivity index (χ3n) is 6.76. The molecular formula is C25H34F2N6O2. The van der Waals surface area contributed by atoms with Crippen LogP contribution in [-0.2, 0) is 0 Å². The molecule has 0 bridgehead atoms. The molecule has 1 atom stereocenters. The van der Waals surface area contributed by atoms with Gasteiger partial charge in [-0.1, -0.05) is 13.0 Å². The maximum absolute atomic E-state index is 13.5. The van der Waals surface area contributed by atoms with Gasteiger partial charge in [-0.3, -0.25) is 18.9 Å². The fraction of sp³-hybridized carbons (Fsp3) is 0.520. The van der Waals surface area contributed by atoms with Crippen LogP contribution in [-0.4, -0.2) is 83.6 Å². The number of amides is 2. The molecule has 1 aromatic heterocycles. The van der Waals surface area contributed by atoms with Crippen molar-refractivity contribution in [3.8, 4) is 0 Å². The molecule has 2 aliphatic rings. The van der Waals surface area contributed by atoms with Gasteiger partial charge in [0.05, 0.1) is 19.1 Å². The number of likely N-dealkylation sites (tertiary alicyclic amines) is 1. The van der Waals surface area contributed by atoms with Gasteiger partial charge in [-0.25, -0.2) is 14.4 Å². The second-order valence-electron chi connectivity index (χ2n) is 8.81. The number of primary amides is 1. The smallest absolute Gasteiger partial charge is 0.268 e. The average molecular weight is 489 g/mol. The van der Waals surface area contributed by atoms with E-state index in [0.717, 1.165) is 44.7 Å². The van der Waals surface area contributed by atoms with Gasteiger partial charge in [0.1, 0.15) is 17.3 Å². The van der Waals surface area contributed by atoms with Crippen LogP contribution >= 0.6 is 0 Å². The van der Waals surface area contributed by atoms with Crippen LogP contribution in [0, 0.1) is 12.7 Å². The third kappa shape index (κ3) is 6.11. The lowest BCUT2D eigenvalue weighted by Gasteiger charge is -2.47. The fourth-order valence-corrected chi connectivity index (χ4v) is 5.02. The molecule has 190 valence electrons. The first kappa shape index (κ1) is 26.5. The SMILES string of the molecule is CCC1CN(c2ncc(C(N)=O)nc2C)CCN1C1CCN(C(=O)c2cccc(F)c2)CC1.CF. The standard InChI is InChI=1S/C24H31FN6O2.CH3F/c1-3-19-15-30(23-16(2)28-21(14-27-23)22(26)32)11-12-31(19)20-7-9-29(10-8-20)24(33)17-5-4-6-18(25)13-17;1-2/h4-6,13-14,19-20H,3,7-12,15H2,1-2H3,(H2,26,32);1H3. The Hall–Kier alpha value is -3.14. The topological polar surface area (TPSA) is 95.7 Å². The minimum atomic E-state index is -0.573. The maximum atomic E-state index is 13.5. The zero-order valence-electron chi connectivity index (χ0n) is 20.6. The Kier molecular flexibility index (Phi) is 9.08. The van der Waals surface area contributed by atoms with E-state index >= 15 is 0 Å². The molecule has 35 heavy (non-hydrogen) atoms. The van der Waals surface area contributed by atoms with Gasteiger partial charge in [0, 0.05) is 50.4 Å². The van der Waals surface area contributed by atoms with Crippen LogP contribution in [0.15, 0.2) is 30.5 Å². The highest BCUT2D eigenvalue weighted by atomic mass is 19.1. The first-order valence-electron chi connectivity index (χ1n) is 11.9. The number of carbonyl (C=O) groups is 2. The van der Waals surface area contributed by atoms with Crippen molar-refractivity contribution in [2.45, 2.75) is 45.2 Å². The van der Waals surface area contributed by atoms with Crippen molar-refractivity contribution in [2.75, 3.05) is 44.8 Å². The van der Waals surface area contributed by atoms with E-state index in [1.54, 1.807) is 12.1 Å². The number of nitrogens with two attached hydrogens (primary N) is 1. The van der Waals surface area contributed by atoms with Gasteiger partial charge in [-0.05, 0) is 44.4 Å². The zero-order chi connectivity index (χ0) is 25.5. The molecule has 2 fully saturated rings. The molecule has 0 aliphatic carbocycles. The van der Waals surface area contributed by atoms with Crippen molar-refractivity contribution in [2.24, 2.45) is 5.73 Å². The number of carbonyl (C=O) groups excluding carboxylic acids is 2. The number of piperazine rings is 1. The molecule has 10 heteroatoms. The van der Waals surface area contributed by atoms with Crippen molar-refractivity contribution >= 4 is 17.6 Å². The van der Waals surface area contributed by atoms with Gasteiger partial charge in [0.15, 0.2) is 0 Å². The molecular weight excluding hydrogens is 454 g/mol. The Morgan fingerprint density at radius 1 is 1.14 bits per heavy atom. The molecule has 2 aliphatic heterocycles. The fourth-order valence-electron chi connectivity index (χ4n) is 5.02. The van der Waals surface area contributed by atoms with Crippen LogP contribution in [0.2, 0.25) is 0 Å². The monoisotopic (exact) mass is 488 g/mol. The summed E-state index contributed by atoms with van der Waals surface area (Å²) in [5, 5.41) is 0. The van der Waals surface area contributed by atoms with Crippen molar-refractivity contribution < 1.29 is 18.4 Å². The maximum Gasteiger partial charge on any atom is 0.268 e. The first-order chi connectivity index (χ1) is 16.9. The quantitative estimate of drug-likeness (QED) is 0.696. The Morgan fingerprint density at radius 3 is 2.46 bits per heavy atom. The summed E-state index contributed by atoms with van der Waals surface area (Å²) < 4.78 is 23.0. The van der Waals surface area contributed by atoms with Crippen molar-refractivity contribution in [3.63, 3.8) is 0 Å². The summed E-state index contributed by atoms with van der Waals surface area (Å²) in [7, 11) is 0.500. The minimum absolute atomic E-state index is 0.0988. The number of aromatic nitrogens is 2. The Labute approximate surface area is 205 Å². The van der Waals surface area contributed by atoms with E-state index in [4.69, 9.17) is 5.73 Å². The number of aryl methyl sites for hydroxylation is 1. The van der Waals surface area contributed by atoms with Gasteiger partial charge in [-0.2, -0.15) is 0 Å². The first-order valence-corrected chi connectivity index (χ1v) is 11.9. The summed E-state index contributed by atoms with van der Waals surface area (Å²) in [5.41, 5.74) is 6.62. The molecule has 0 saturated carbocycles. The molecule has 2 amide bonds. The Balaban J connectivity index is 0.00000167. The van der Waals surface area contributed by atoms with Gasteiger partial charge in [0.2, 0.25) is 0 Å². The highest BCUT2D eigenvalue weighted by Crippen LogP contribution is 2.27. The number of anilines is 1. The number of hydrogen-bond acceptors (Lipinski definition) is 6. The van der Waals surface area contributed by atoms with Crippen molar-refractivity contribution in [3.05, 3.63) is 53.2 Å². The van der Waals surface area contributed by atoms with Crippen LogP contribution in [0.3, 0.4) is 0 Å². The predicted molar refractivity (Wildman–Crippen MR) is 131 cm³/mol. The predicted octanol–water partition coefficient (Wildman–Crippen LogP) is 2.81.